The summed E-state index contributed by atoms with van der Waals surface area (Å²) in [5.41, 5.74) is 2.89. The molecule has 1 amide bonds. The monoisotopic (exact) mass is 311 g/mol. The molecule has 4 nitrogen and oxygen atoms in total. The average Bonchev–Trinajstić information content (AvgIpc) is 2.55. The number of amides is 1. The summed E-state index contributed by atoms with van der Waals surface area (Å²) >= 11 is 0. The van der Waals surface area contributed by atoms with E-state index >= 15 is 0 Å². The maximum absolute atomic E-state index is 12.2. The van der Waals surface area contributed by atoms with Crippen molar-refractivity contribution in [1.29, 1.82) is 0 Å². The predicted octanol–water partition coefficient (Wildman–Crippen LogP) is 4.07. The van der Waals surface area contributed by atoms with Crippen molar-refractivity contribution in [1.82, 2.24) is 0 Å². The van der Waals surface area contributed by atoms with Gasteiger partial charge in [-0.15, -0.1) is 0 Å². The van der Waals surface area contributed by atoms with Gasteiger partial charge in [0.2, 0.25) is 0 Å². The lowest BCUT2D eigenvalue weighted by Gasteiger charge is -2.09. The quantitative estimate of drug-likeness (QED) is 0.847. The molecule has 1 N–H and O–H groups in total. The van der Waals surface area contributed by atoms with E-state index in [0.29, 0.717) is 16.8 Å². The molecule has 0 atom stereocenters. The van der Waals surface area contributed by atoms with Crippen molar-refractivity contribution in [2.24, 2.45) is 0 Å². The molecule has 0 fully saturated rings. The van der Waals surface area contributed by atoms with Crippen LogP contribution >= 0.6 is 0 Å². The number of carbonyl (C=O) groups excluding carboxylic acids is 2. The average molecular weight is 311 g/mol. The van der Waals surface area contributed by atoms with E-state index in [2.05, 4.69) is 12.2 Å². The van der Waals surface area contributed by atoms with Crippen LogP contribution in [0.25, 0.3) is 0 Å². The van der Waals surface area contributed by atoms with Crippen molar-refractivity contribution >= 4 is 17.6 Å². The molecular weight excluding hydrogens is 290 g/mol. The number of hydrogen-bond acceptors (Lipinski definition) is 3. The molecule has 0 saturated carbocycles. The van der Waals surface area contributed by atoms with Crippen molar-refractivity contribution in [2.45, 2.75) is 33.3 Å². The molecule has 0 aliphatic heterocycles. The summed E-state index contributed by atoms with van der Waals surface area (Å²) < 4.78 is 5.12. The Balaban J connectivity index is 2.02. The van der Waals surface area contributed by atoms with Gasteiger partial charge in [0.25, 0.3) is 5.91 Å². The minimum Gasteiger partial charge on any atom is -0.459 e. The first-order valence-electron chi connectivity index (χ1n) is 7.71. The van der Waals surface area contributed by atoms with E-state index in [1.54, 1.807) is 38.1 Å². The van der Waals surface area contributed by atoms with Crippen LogP contribution in [0.2, 0.25) is 0 Å². The van der Waals surface area contributed by atoms with Crippen LogP contribution < -0.4 is 5.32 Å². The molecule has 2 aromatic rings. The summed E-state index contributed by atoms with van der Waals surface area (Å²) in [5, 5.41) is 2.81. The second-order valence-electron chi connectivity index (χ2n) is 5.54. The molecule has 23 heavy (non-hydrogen) atoms. The van der Waals surface area contributed by atoms with Crippen molar-refractivity contribution < 1.29 is 14.3 Å². The summed E-state index contributed by atoms with van der Waals surface area (Å²) in [7, 11) is 0. The van der Waals surface area contributed by atoms with E-state index < -0.39 is 0 Å². The Bertz CT molecular complexity index is 673. The van der Waals surface area contributed by atoms with Gasteiger partial charge >= 0.3 is 5.97 Å². The molecule has 0 radical (unpaired) electrons. The number of anilines is 1. The smallest absolute Gasteiger partial charge is 0.338 e. The summed E-state index contributed by atoms with van der Waals surface area (Å²) in [6.07, 6.45) is 0.781. The van der Waals surface area contributed by atoms with E-state index in [9.17, 15) is 9.59 Å². The van der Waals surface area contributed by atoms with Gasteiger partial charge in [0.15, 0.2) is 0 Å². The molecule has 0 aliphatic rings. The van der Waals surface area contributed by atoms with Crippen LogP contribution in [0, 0.1) is 0 Å². The topological polar surface area (TPSA) is 55.4 Å². The van der Waals surface area contributed by atoms with E-state index in [0.717, 1.165) is 6.42 Å². The zero-order chi connectivity index (χ0) is 16.8. The van der Waals surface area contributed by atoms with Gasteiger partial charge in [-0.05, 0) is 62.2 Å². The van der Waals surface area contributed by atoms with Gasteiger partial charge in [0.1, 0.15) is 0 Å². The molecule has 2 rings (SSSR count). The number of nitrogens with one attached hydrogen (secondary N) is 1. The Morgan fingerprint density at radius 2 is 1.52 bits per heavy atom. The molecule has 120 valence electrons. The van der Waals surface area contributed by atoms with E-state index in [4.69, 9.17) is 4.74 Å². The van der Waals surface area contributed by atoms with Gasteiger partial charge in [-0.1, -0.05) is 19.1 Å². The van der Waals surface area contributed by atoms with Crippen LogP contribution in [0.15, 0.2) is 48.5 Å². The normalized spacial score (nSPS) is 10.4. The number of rotatable bonds is 5. The van der Waals surface area contributed by atoms with Crippen molar-refractivity contribution in [3.8, 4) is 0 Å². The molecule has 0 aliphatic carbocycles. The third kappa shape index (κ3) is 4.68. The number of ether oxygens (including phenoxy) is 1. The molecular formula is C19H21NO3. The minimum absolute atomic E-state index is 0.159. The Labute approximate surface area is 136 Å². The molecule has 0 bridgehead atoms. The van der Waals surface area contributed by atoms with Gasteiger partial charge < -0.3 is 10.1 Å². The lowest BCUT2D eigenvalue weighted by molar-refractivity contribution is 0.0378. The van der Waals surface area contributed by atoms with Crippen molar-refractivity contribution in [3.63, 3.8) is 0 Å². The largest absolute Gasteiger partial charge is 0.459 e. The van der Waals surface area contributed by atoms with Crippen LogP contribution in [0.5, 0.6) is 0 Å². The summed E-state index contributed by atoms with van der Waals surface area (Å²) in [6.45, 7) is 5.67. The van der Waals surface area contributed by atoms with Gasteiger partial charge in [-0.2, -0.15) is 0 Å². The number of esters is 1. The summed E-state index contributed by atoms with van der Waals surface area (Å²) in [5.74, 6) is -0.543. The first-order valence-corrected chi connectivity index (χ1v) is 7.71. The maximum atomic E-state index is 12.2. The molecule has 0 heterocycles. The predicted molar refractivity (Wildman–Crippen MR) is 90.8 cm³/mol. The molecule has 0 saturated heterocycles. The van der Waals surface area contributed by atoms with Gasteiger partial charge in [-0.3, -0.25) is 4.79 Å². The second kappa shape index (κ2) is 7.58. The SMILES string of the molecule is CCc1ccc(C(=O)Nc2ccc(C(=O)OC(C)C)cc2)cc1. The zero-order valence-corrected chi connectivity index (χ0v) is 13.6. The van der Waals surface area contributed by atoms with E-state index in [-0.39, 0.29) is 18.0 Å². The third-order valence-corrected chi connectivity index (χ3v) is 3.35. The fourth-order valence-electron chi connectivity index (χ4n) is 2.07. The lowest BCUT2D eigenvalue weighted by Crippen LogP contribution is -2.13. The second-order valence-corrected chi connectivity index (χ2v) is 5.54. The molecule has 4 heteroatoms. The fraction of sp³-hybridized carbons (Fsp3) is 0.263. The van der Waals surface area contributed by atoms with Crippen LogP contribution in [-0.4, -0.2) is 18.0 Å². The number of carbonyl (C=O) groups is 2. The minimum atomic E-state index is -0.368. The van der Waals surface area contributed by atoms with Crippen molar-refractivity contribution in [2.75, 3.05) is 5.32 Å². The maximum Gasteiger partial charge on any atom is 0.338 e. The van der Waals surface area contributed by atoms with Crippen LogP contribution in [-0.2, 0) is 11.2 Å². The number of aryl methyl sites for hydroxylation is 1. The standard InChI is InChI=1S/C19H21NO3/c1-4-14-5-7-15(8-6-14)18(21)20-17-11-9-16(10-12-17)19(22)23-13(2)3/h5-13H,4H2,1-3H3,(H,20,21). The highest BCUT2D eigenvalue weighted by Crippen LogP contribution is 2.13. The lowest BCUT2D eigenvalue weighted by atomic mass is 10.1. The number of hydrogen-bond donors (Lipinski definition) is 1. The van der Waals surface area contributed by atoms with E-state index in [1.165, 1.54) is 5.56 Å². The first kappa shape index (κ1) is 16.7. The highest BCUT2D eigenvalue weighted by Gasteiger charge is 2.10. The van der Waals surface area contributed by atoms with Gasteiger partial charge in [0, 0.05) is 11.3 Å². The summed E-state index contributed by atoms with van der Waals surface area (Å²) in [6, 6.07) is 14.2. The highest BCUT2D eigenvalue weighted by molar-refractivity contribution is 6.04. The Hall–Kier alpha value is -2.62. The third-order valence-electron chi connectivity index (χ3n) is 3.35. The molecule has 0 unspecified atom stereocenters. The Morgan fingerprint density at radius 3 is 2.04 bits per heavy atom. The van der Waals surface area contributed by atoms with Crippen molar-refractivity contribution in [3.05, 3.63) is 65.2 Å². The molecule has 0 spiro atoms. The van der Waals surface area contributed by atoms with Gasteiger partial charge in [-0.25, -0.2) is 4.79 Å². The first-order chi connectivity index (χ1) is 11.0. The molecule has 0 aromatic heterocycles. The van der Waals surface area contributed by atoms with Crippen LogP contribution in [0.1, 0.15) is 47.1 Å². The van der Waals surface area contributed by atoms with Gasteiger partial charge in [0.05, 0.1) is 11.7 Å². The Morgan fingerprint density at radius 1 is 0.957 bits per heavy atom. The van der Waals surface area contributed by atoms with Crippen LogP contribution in [0.4, 0.5) is 5.69 Å². The van der Waals surface area contributed by atoms with E-state index in [1.807, 2.05) is 24.3 Å². The zero-order valence-electron chi connectivity index (χ0n) is 13.6. The van der Waals surface area contributed by atoms with Crippen LogP contribution in [0.3, 0.4) is 0 Å². The summed E-state index contributed by atoms with van der Waals surface area (Å²) in [4.78, 5) is 23.9. The molecule has 2 aromatic carbocycles. The fourth-order valence-corrected chi connectivity index (χ4v) is 2.07. The number of benzene rings is 2. The highest BCUT2D eigenvalue weighted by atomic mass is 16.5. The Kier molecular flexibility index (Phi) is 5.52.